The number of hydrogen-bond acceptors (Lipinski definition) is 2. The molecule has 2 rings (SSSR count). The molecule has 106 valence electrons. The predicted octanol–water partition coefficient (Wildman–Crippen LogP) is 3.71. The molecule has 0 radical (unpaired) electrons. The van der Waals surface area contributed by atoms with Crippen LogP contribution in [0.1, 0.15) is 31.1 Å². The van der Waals surface area contributed by atoms with E-state index in [1.807, 2.05) is 31.2 Å². The van der Waals surface area contributed by atoms with E-state index in [-0.39, 0.29) is 5.91 Å². The van der Waals surface area contributed by atoms with Gasteiger partial charge in [0.2, 0.25) is 5.91 Å². The molecule has 0 saturated heterocycles. The van der Waals surface area contributed by atoms with Crippen LogP contribution in [0.4, 0.5) is 0 Å². The van der Waals surface area contributed by atoms with Crippen LogP contribution in [-0.4, -0.2) is 12.5 Å². The van der Waals surface area contributed by atoms with Gasteiger partial charge >= 0.3 is 0 Å². The third-order valence-electron chi connectivity index (χ3n) is 3.17. The number of carbonyl (C=O) groups excluding carboxylic acids is 1. The van der Waals surface area contributed by atoms with Gasteiger partial charge in [-0.1, -0.05) is 36.8 Å². The highest BCUT2D eigenvalue weighted by atomic mass is 16.3. The first-order valence-corrected chi connectivity index (χ1v) is 7.11. The first kappa shape index (κ1) is 14.4. The Kier molecular flexibility index (Phi) is 4.99. The van der Waals surface area contributed by atoms with Crippen LogP contribution in [0.15, 0.2) is 40.8 Å². The van der Waals surface area contributed by atoms with Crippen LogP contribution >= 0.6 is 0 Å². The Morgan fingerprint density at radius 3 is 2.60 bits per heavy atom. The number of benzene rings is 1. The van der Waals surface area contributed by atoms with Crippen molar-refractivity contribution in [2.24, 2.45) is 0 Å². The summed E-state index contributed by atoms with van der Waals surface area (Å²) in [4.78, 5) is 11.5. The van der Waals surface area contributed by atoms with Crippen LogP contribution in [0.5, 0.6) is 0 Å². The lowest BCUT2D eigenvalue weighted by molar-refractivity contribution is -0.121. The Labute approximate surface area is 120 Å². The minimum absolute atomic E-state index is 0.0835. The van der Waals surface area contributed by atoms with Crippen molar-refractivity contribution < 1.29 is 9.21 Å². The molecule has 0 bridgehead atoms. The molecule has 0 atom stereocenters. The second-order valence-corrected chi connectivity index (χ2v) is 4.98. The smallest absolute Gasteiger partial charge is 0.220 e. The van der Waals surface area contributed by atoms with Crippen molar-refractivity contribution in [1.29, 1.82) is 0 Å². The normalized spacial score (nSPS) is 10.5. The molecule has 0 aliphatic carbocycles. The highest BCUT2D eigenvalue weighted by Crippen LogP contribution is 2.23. The summed E-state index contributed by atoms with van der Waals surface area (Å²) in [7, 11) is 0. The van der Waals surface area contributed by atoms with Crippen LogP contribution < -0.4 is 5.32 Å². The molecule has 0 aliphatic heterocycles. The van der Waals surface area contributed by atoms with Gasteiger partial charge in [0.25, 0.3) is 0 Å². The maximum atomic E-state index is 11.5. The van der Waals surface area contributed by atoms with Crippen molar-refractivity contribution in [1.82, 2.24) is 5.32 Å². The molecule has 0 aliphatic rings. The fraction of sp³-hybridized carbons (Fsp3) is 0.353. The van der Waals surface area contributed by atoms with Gasteiger partial charge in [0.1, 0.15) is 11.5 Å². The summed E-state index contributed by atoms with van der Waals surface area (Å²) in [6, 6.07) is 12.1. The summed E-state index contributed by atoms with van der Waals surface area (Å²) in [5, 5.41) is 2.87. The van der Waals surface area contributed by atoms with E-state index in [0.29, 0.717) is 12.8 Å². The van der Waals surface area contributed by atoms with E-state index in [1.165, 1.54) is 5.56 Å². The monoisotopic (exact) mass is 271 g/mol. The molecule has 20 heavy (non-hydrogen) atoms. The fourth-order valence-electron chi connectivity index (χ4n) is 1.97. The summed E-state index contributed by atoms with van der Waals surface area (Å²) in [6.07, 6.45) is 2.08. The number of nitrogens with one attached hydrogen (secondary N) is 1. The average molecular weight is 271 g/mol. The molecule has 2 aromatic rings. The minimum Gasteiger partial charge on any atom is -0.461 e. The molecular weight excluding hydrogens is 250 g/mol. The van der Waals surface area contributed by atoms with E-state index in [9.17, 15) is 4.79 Å². The largest absolute Gasteiger partial charge is 0.461 e. The summed E-state index contributed by atoms with van der Waals surface area (Å²) >= 11 is 0. The molecule has 3 heteroatoms. The molecule has 0 unspecified atom stereocenters. The maximum absolute atomic E-state index is 11.5. The molecule has 3 nitrogen and oxygen atoms in total. The molecular formula is C17H21NO2. The van der Waals surface area contributed by atoms with Gasteiger partial charge in [0.15, 0.2) is 0 Å². The minimum atomic E-state index is 0.0835. The molecule has 1 heterocycles. The number of aryl methyl sites for hydroxylation is 2. The number of rotatable bonds is 6. The lowest BCUT2D eigenvalue weighted by atomic mass is 10.1. The van der Waals surface area contributed by atoms with Crippen molar-refractivity contribution >= 4 is 5.91 Å². The molecule has 0 saturated carbocycles. The molecule has 1 aromatic carbocycles. The molecule has 0 spiro atoms. The highest BCUT2D eigenvalue weighted by molar-refractivity contribution is 5.76. The van der Waals surface area contributed by atoms with Crippen molar-refractivity contribution in [3.63, 3.8) is 0 Å². The van der Waals surface area contributed by atoms with Crippen molar-refractivity contribution in [3.05, 3.63) is 47.7 Å². The SMILES string of the molecule is CCCNC(=O)CCc1ccc(-c2ccc(C)cc2)o1. The van der Waals surface area contributed by atoms with Crippen LogP contribution in [-0.2, 0) is 11.2 Å². The Balaban J connectivity index is 1.92. The van der Waals surface area contributed by atoms with Crippen LogP contribution in [0.3, 0.4) is 0 Å². The van der Waals surface area contributed by atoms with Gasteiger partial charge in [-0.2, -0.15) is 0 Å². The number of hydrogen-bond donors (Lipinski definition) is 1. The number of carbonyl (C=O) groups is 1. The first-order chi connectivity index (χ1) is 9.69. The zero-order chi connectivity index (χ0) is 14.4. The molecule has 1 aromatic heterocycles. The van der Waals surface area contributed by atoms with Crippen molar-refractivity contribution in [2.75, 3.05) is 6.54 Å². The van der Waals surface area contributed by atoms with Crippen LogP contribution in [0.2, 0.25) is 0 Å². The number of amides is 1. The van der Waals surface area contributed by atoms with Gasteiger partial charge in [0, 0.05) is 24.9 Å². The summed E-state index contributed by atoms with van der Waals surface area (Å²) in [5.74, 6) is 1.79. The van der Waals surface area contributed by atoms with Gasteiger partial charge in [-0.05, 0) is 25.5 Å². The quantitative estimate of drug-likeness (QED) is 0.870. The molecule has 0 fully saturated rings. The van der Waals surface area contributed by atoms with Crippen LogP contribution in [0, 0.1) is 6.92 Å². The maximum Gasteiger partial charge on any atom is 0.220 e. The third-order valence-corrected chi connectivity index (χ3v) is 3.17. The van der Waals surface area contributed by atoms with Gasteiger partial charge in [-0.15, -0.1) is 0 Å². The van der Waals surface area contributed by atoms with Gasteiger partial charge in [-0.3, -0.25) is 4.79 Å². The number of furan rings is 1. The molecule has 1 amide bonds. The van der Waals surface area contributed by atoms with E-state index in [4.69, 9.17) is 4.42 Å². The zero-order valence-electron chi connectivity index (χ0n) is 12.1. The summed E-state index contributed by atoms with van der Waals surface area (Å²) in [5.41, 5.74) is 2.30. The standard InChI is InChI=1S/C17H21NO2/c1-3-12-18-17(19)11-9-15-8-10-16(20-15)14-6-4-13(2)5-7-14/h4-8,10H,3,9,11-12H2,1-2H3,(H,18,19). The molecule has 1 N–H and O–H groups in total. The average Bonchev–Trinajstić information content (AvgIpc) is 2.92. The lowest BCUT2D eigenvalue weighted by Gasteiger charge is -2.02. The topological polar surface area (TPSA) is 42.2 Å². The summed E-state index contributed by atoms with van der Waals surface area (Å²) < 4.78 is 5.78. The van der Waals surface area contributed by atoms with E-state index >= 15 is 0 Å². The predicted molar refractivity (Wildman–Crippen MR) is 80.5 cm³/mol. The van der Waals surface area contributed by atoms with Gasteiger partial charge < -0.3 is 9.73 Å². The highest BCUT2D eigenvalue weighted by Gasteiger charge is 2.07. The first-order valence-electron chi connectivity index (χ1n) is 7.11. The Hall–Kier alpha value is -2.03. The van der Waals surface area contributed by atoms with Gasteiger partial charge in [-0.25, -0.2) is 0 Å². The Morgan fingerprint density at radius 1 is 1.15 bits per heavy atom. The lowest BCUT2D eigenvalue weighted by Crippen LogP contribution is -2.24. The second kappa shape index (κ2) is 6.94. The van der Waals surface area contributed by atoms with Gasteiger partial charge in [0.05, 0.1) is 0 Å². The fourth-order valence-corrected chi connectivity index (χ4v) is 1.97. The second-order valence-electron chi connectivity index (χ2n) is 4.98. The summed E-state index contributed by atoms with van der Waals surface area (Å²) in [6.45, 7) is 4.85. The third kappa shape index (κ3) is 3.98. The van der Waals surface area contributed by atoms with E-state index in [0.717, 1.165) is 30.0 Å². The van der Waals surface area contributed by atoms with Crippen molar-refractivity contribution in [3.8, 4) is 11.3 Å². The zero-order valence-corrected chi connectivity index (χ0v) is 12.1. The van der Waals surface area contributed by atoms with E-state index in [2.05, 4.69) is 24.4 Å². The Morgan fingerprint density at radius 2 is 1.90 bits per heavy atom. The van der Waals surface area contributed by atoms with Crippen LogP contribution in [0.25, 0.3) is 11.3 Å². The van der Waals surface area contributed by atoms with E-state index < -0.39 is 0 Å². The van der Waals surface area contributed by atoms with E-state index in [1.54, 1.807) is 0 Å². The Bertz CT molecular complexity index is 555. The van der Waals surface area contributed by atoms with Crippen molar-refractivity contribution in [2.45, 2.75) is 33.1 Å².